The fraction of sp³-hybridized carbons (Fsp3) is 0.263. The molecule has 0 aromatic heterocycles. The normalized spacial score (nSPS) is 10.9. The van der Waals surface area contributed by atoms with Crippen molar-refractivity contribution in [2.75, 3.05) is 25.1 Å². The molecule has 2 N–H and O–H groups in total. The molecule has 0 fully saturated rings. The van der Waals surface area contributed by atoms with Gasteiger partial charge in [0.2, 0.25) is 10.0 Å². The van der Waals surface area contributed by atoms with Crippen LogP contribution in [0, 0.1) is 0 Å². The Morgan fingerprint density at radius 2 is 1.68 bits per heavy atom. The first kappa shape index (κ1) is 21.4. The average Bonchev–Trinajstić information content (AvgIpc) is 2.69. The van der Waals surface area contributed by atoms with Crippen LogP contribution in [0.4, 0.5) is 5.69 Å². The van der Waals surface area contributed by atoms with Crippen LogP contribution in [-0.4, -0.2) is 40.1 Å². The van der Waals surface area contributed by atoms with Crippen LogP contribution in [-0.2, 0) is 24.3 Å². The highest BCUT2D eigenvalue weighted by Gasteiger charge is 2.15. The van der Waals surface area contributed by atoms with Crippen LogP contribution in [0.1, 0.15) is 13.3 Å². The Bertz CT molecular complexity index is 900. The van der Waals surface area contributed by atoms with Gasteiger partial charge in [-0.05, 0) is 31.2 Å². The summed E-state index contributed by atoms with van der Waals surface area (Å²) in [7, 11) is -3.69. The Labute approximate surface area is 163 Å². The summed E-state index contributed by atoms with van der Waals surface area (Å²) < 4.78 is 36.6. The van der Waals surface area contributed by atoms with Gasteiger partial charge in [0, 0.05) is 6.54 Å². The summed E-state index contributed by atoms with van der Waals surface area (Å²) in [6.45, 7) is 1.66. The Kier molecular flexibility index (Phi) is 7.97. The van der Waals surface area contributed by atoms with Crippen molar-refractivity contribution in [2.45, 2.75) is 18.2 Å². The van der Waals surface area contributed by atoms with Crippen LogP contribution in [0.2, 0.25) is 0 Å². The number of anilines is 1. The van der Waals surface area contributed by atoms with Crippen molar-refractivity contribution in [3.63, 3.8) is 0 Å². The minimum absolute atomic E-state index is 0.107. The van der Waals surface area contributed by atoms with Crippen molar-refractivity contribution in [3.8, 4) is 5.75 Å². The SMILES string of the molecule is CCOc1ccccc1NC(=O)COC(=O)CCNS(=O)(=O)c1ccccc1. The predicted molar refractivity (Wildman–Crippen MR) is 103 cm³/mol. The minimum atomic E-state index is -3.69. The summed E-state index contributed by atoms with van der Waals surface area (Å²) in [5, 5.41) is 2.60. The smallest absolute Gasteiger partial charge is 0.307 e. The summed E-state index contributed by atoms with van der Waals surface area (Å²) in [5.74, 6) is -0.700. The Hall–Kier alpha value is -2.91. The zero-order valence-electron chi connectivity index (χ0n) is 15.4. The van der Waals surface area contributed by atoms with Crippen molar-refractivity contribution in [2.24, 2.45) is 0 Å². The standard InChI is InChI=1S/C19H22N2O6S/c1-2-26-17-11-7-6-10-16(17)21-18(22)14-27-19(23)12-13-20-28(24,25)15-8-4-3-5-9-15/h3-11,20H,2,12-14H2,1H3,(H,21,22). The van der Waals surface area contributed by atoms with Gasteiger partial charge in [-0.25, -0.2) is 13.1 Å². The lowest BCUT2D eigenvalue weighted by atomic mass is 10.3. The third-order valence-corrected chi connectivity index (χ3v) is 4.98. The van der Waals surface area contributed by atoms with E-state index >= 15 is 0 Å². The molecule has 150 valence electrons. The molecule has 0 aliphatic rings. The molecule has 1 amide bonds. The quantitative estimate of drug-likeness (QED) is 0.584. The maximum absolute atomic E-state index is 12.0. The summed E-state index contributed by atoms with van der Waals surface area (Å²) in [5.41, 5.74) is 0.473. The van der Waals surface area contributed by atoms with Crippen LogP contribution in [0.15, 0.2) is 59.5 Å². The van der Waals surface area contributed by atoms with Gasteiger partial charge in [-0.2, -0.15) is 0 Å². The second-order valence-corrected chi connectivity index (χ2v) is 7.37. The highest BCUT2D eigenvalue weighted by Crippen LogP contribution is 2.23. The number of para-hydroxylation sites is 2. The summed E-state index contributed by atoms with van der Waals surface area (Å²) in [6.07, 6.45) is -0.200. The second-order valence-electron chi connectivity index (χ2n) is 5.60. The van der Waals surface area contributed by atoms with Crippen molar-refractivity contribution < 1.29 is 27.5 Å². The molecule has 0 saturated heterocycles. The largest absolute Gasteiger partial charge is 0.492 e. The monoisotopic (exact) mass is 406 g/mol. The molecule has 0 saturated carbocycles. The van der Waals surface area contributed by atoms with Crippen molar-refractivity contribution in [3.05, 3.63) is 54.6 Å². The fourth-order valence-corrected chi connectivity index (χ4v) is 3.28. The zero-order chi connectivity index (χ0) is 20.4. The maximum atomic E-state index is 12.0. The van der Waals surface area contributed by atoms with Gasteiger partial charge in [-0.3, -0.25) is 9.59 Å². The summed E-state index contributed by atoms with van der Waals surface area (Å²) in [4.78, 5) is 23.8. The molecule has 0 spiro atoms. The topological polar surface area (TPSA) is 111 Å². The molecular weight excluding hydrogens is 384 g/mol. The Morgan fingerprint density at radius 1 is 1.00 bits per heavy atom. The molecule has 0 bridgehead atoms. The highest BCUT2D eigenvalue weighted by molar-refractivity contribution is 7.89. The number of nitrogens with one attached hydrogen (secondary N) is 2. The number of carbonyl (C=O) groups is 2. The molecule has 0 heterocycles. The molecule has 0 aliphatic heterocycles. The molecular formula is C19H22N2O6S. The van der Waals surface area contributed by atoms with Gasteiger partial charge in [0.15, 0.2) is 6.61 Å². The van der Waals surface area contributed by atoms with Gasteiger partial charge in [0.05, 0.1) is 23.6 Å². The van der Waals surface area contributed by atoms with Crippen LogP contribution >= 0.6 is 0 Å². The first-order valence-electron chi connectivity index (χ1n) is 8.64. The number of sulfonamides is 1. The van der Waals surface area contributed by atoms with Crippen molar-refractivity contribution in [1.82, 2.24) is 4.72 Å². The molecule has 0 unspecified atom stereocenters. The molecule has 2 aromatic carbocycles. The predicted octanol–water partition coefficient (Wildman–Crippen LogP) is 1.94. The van der Waals surface area contributed by atoms with Crippen molar-refractivity contribution in [1.29, 1.82) is 0 Å². The molecule has 0 atom stereocenters. The van der Waals surface area contributed by atoms with E-state index in [1.54, 1.807) is 42.5 Å². The zero-order valence-corrected chi connectivity index (χ0v) is 16.2. The number of esters is 1. The lowest BCUT2D eigenvalue weighted by molar-refractivity contribution is -0.147. The van der Waals surface area contributed by atoms with E-state index in [4.69, 9.17) is 9.47 Å². The van der Waals surface area contributed by atoms with Gasteiger partial charge in [-0.1, -0.05) is 30.3 Å². The van der Waals surface area contributed by atoms with E-state index in [1.165, 1.54) is 12.1 Å². The first-order valence-corrected chi connectivity index (χ1v) is 10.1. The third-order valence-electron chi connectivity index (χ3n) is 3.50. The number of ether oxygens (including phenoxy) is 2. The van der Waals surface area contributed by atoms with E-state index in [-0.39, 0.29) is 17.9 Å². The molecule has 0 aliphatic carbocycles. The second kappa shape index (κ2) is 10.4. The molecule has 9 heteroatoms. The number of hydrogen-bond acceptors (Lipinski definition) is 6. The molecule has 28 heavy (non-hydrogen) atoms. The van der Waals surface area contributed by atoms with Gasteiger partial charge < -0.3 is 14.8 Å². The maximum Gasteiger partial charge on any atom is 0.307 e. The molecule has 2 aromatic rings. The number of rotatable bonds is 10. The number of amides is 1. The van der Waals surface area contributed by atoms with Gasteiger partial charge in [0.1, 0.15) is 5.75 Å². The van der Waals surface area contributed by atoms with Crippen LogP contribution < -0.4 is 14.8 Å². The van der Waals surface area contributed by atoms with Crippen LogP contribution in [0.5, 0.6) is 5.75 Å². The fourth-order valence-electron chi connectivity index (χ4n) is 2.23. The van der Waals surface area contributed by atoms with Crippen LogP contribution in [0.3, 0.4) is 0 Å². The average molecular weight is 406 g/mol. The molecule has 0 radical (unpaired) electrons. The summed E-state index contributed by atoms with van der Waals surface area (Å²) >= 11 is 0. The van der Waals surface area contributed by atoms with Gasteiger partial charge >= 0.3 is 5.97 Å². The van der Waals surface area contributed by atoms with E-state index in [9.17, 15) is 18.0 Å². The van der Waals surface area contributed by atoms with Crippen molar-refractivity contribution >= 4 is 27.6 Å². The third kappa shape index (κ3) is 6.67. The van der Waals surface area contributed by atoms with E-state index in [2.05, 4.69) is 10.0 Å². The molecule has 8 nitrogen and oxygen atoms in total. The first-order chi connectivity index (χ1) is 13.4. The number of benzene rings is 2. The van der Waals surface area contributed by atoms with E-state index in [0.717, 1.165) is 0 Å². The lowest BCUT2D eigenvalue weighted by Gasteiger charge is -2.11. The van der Waals surface area contributed by atoms with E-state index in [1.807, 2.05) is 6.92 Å². The van der Waals surface area contributed by atoms with E-state index < -0.39 is 28.5 Å². The minimum Gasteiger partial charge on any atom is -0.492 e. The lowest BCUT2D eigenvalue weighted by Crippen LogP contribution is -2.28. The number of hydrogen-bond donors (Lipinski definition) is 2. The van der Waals surface area contributed by atoms with Crippen LogP contribution in [0.25, 0.3) is 0 Å². The van der Waals surface area contributed by atoms with E-state index in [0.29, 0.717) is 18.0 Å². The summed E-state index contributed by atoms with van der Waals surface area (Å²) in [6, 6.07) is 14.7. The Balaban J connectivity index is 1.74. The number of carbonyl (C=O) groups excluding carboxylic acids is 2. The molecule has 2 rings (SSSR count). The Morgan fingerprint density at radius 3 is 2.39 bits per heavy atom. The van der Waals surface area contributed by atoms with Gasteiger partial charge in [0.25, 0.3) is 5.91 Å². The highest BCUT2D eigenvalue weighted by atomic mass is 32.2. The van der Waals surface area contributed by atoms with Gasteiger partial charge in [-0.15, -0.1) is 0 Å².